The second-order valence-corrected chi connectivity index (χ2v) is 9.08. The van der Waals surface area contributed by atoms with Gasteiger partial charge in [-0.3, -0.25) is 14.4 Å². The summed E-state index contributed by atoms with van der Waals surface area (Å²) in [5, 5.41) is 2.84. The topological polar surface area (TPSA) is 124 Å². The van der Waals surface area contributed by atoms with E-state index < -0.39 is 30.1 Å². The van der Waals surface area contributed by atoms with Crippen LogP contribution in [0.4, 0.5) is 4.39 Å². The number of esters is 1. The van der Waals surface area contributed by atoms with E-state index in [0.29, 0.717) is 6.42 Å². The number of piperidine rings is 1. The van der Waals surface area contributed by atoms with E-state index in [1.165, 1.54) is 43.3 Å². The summed E-state index contributed by atoms with van der Waals surface area (Å²) < 4.78 is 33.9. The highest BCUT2D eigenvalue weighted by Crippen LogP contribution is 2.27. The minimum absolute atomic E-state index is 0.114. The Labute approximate surface area is 215 Å². The molecule has 11 nitrogen and oxygen atoms in total. The van der Waals surface area contributed by atoms with Gasteiger partial charge < -0.3 is 34.1 Å². The van der Waals surface area contributed by atoms with Crippen molar-refractivity contribution in [1.29, 1.82) is 0 Å². The van der Waals surface area contributed by atoms with Crippen molar-refractivity contribution in [2.75, 3.05) is 47.6 Å². The van der Waals surface area contributed by atoms with Crippen LogP contribution >= 0.6 is 0 Å². The molecule has 0 spiro atoms. The van der Waals surface area contributed by atoms with Crippen LogP contribution in [0.3, 0.4) is 0 Å². The van der Waals surface area contributed by atoms with E-state index in [4.69, 9.17) is 18.9 Å². The van der Waals surface area contributed by atoms with Gasteiger partial charge >= 0.3 is 5.97 Å². The highest BCUT2D eigenvalue weighted by Gasteiger charge is 2.46. The first-order valence-corrected chi connectivity index (χ1v) is 12.1. The first-order chi connectivity index (χ1) is 17.8. The number of halogens is 1. The van der Waals surface area contributed by atoms with Crippen LogP contribution in [0.2, 0.25) is 0 Å². The van der Waals surface area contributed by atoms with Gasteiger partial charge in [-0.25, -0.2) is 9.18 Å². The van der Waals surface area contributed by atoms with Crippen LogP contribution in [0.5, 0.6) is 0 Å². The fourth-order valence-electron chi connectivity index (χ4n) is 4.74. The van der Waals surface area contributed by atoms with Crippen LogP contribution in [0.15, 0.2) is 24.3 Å². The Bertz CT molecular complexity index is 960. The third-order valence-electron chi connectivity index (χ3n) is 6.53. The molecule has 2 fully saturated rings. The summed E-state index contributed by atoms with van der Waals surface area (Å²) in [4.78, 5) is 54.0. The SMILES string of the molecule is COCC(=O)NC1CCN(C(=O)COC)C(C(=O)N2CC(OCc3ccc(F)cc3)CC2C(=O)OC)C1. The molecule has 0 bridgehead atoms. The van der Waals surface area contributed by atoms with Crippen LogP contribution in [0.1, 0.15) is 24.8 Å². The molecule has 204 valence electrons. The van der Waals surface area contributed by atoms with Gasteiger partial charge in [0, 0.05) is 39.8 Å². The average Bonchev–Trinajstić information content (AvgIpc) is 3.32. The summed E-state index contributed by atoms with van der Waals surface area (Å²) in [5.41, 5.74) is 0.749. The van der Waals surface area contributed by atoms with Crippen LogP contribution < -0.4 is 5.32 Å². The average molecular weight is 524 g/mol. The smallest absolute Gasteiger partial charge is 0.328 e. The summed E-state index contributed by atoms with van der Waals surface area (Å²) >= 11 is 0. The highest BCUT2D eigenvalue weighted by molar-refractivity contribution is 5.92. The Balaban J connectivity index is 1.76. The van der Waals surface area contributed by atoms with Gasteiger partial charge in [-0.1, -0.05) is 12.1 Å². The van der Waals surface area contributed by atoms with E-state index in [-0.39, 0.29) is 69.4 Å². The van der Waals surface area contributed by atoms with E-state index in [1.807, 2.05) is 0 Å². The van der Waals surface area contributed by atoms with E-state index in [0.717, 1.165) is 5.56 Å². The zero-order valence-electron chi connectivity index (χ0n) is 21.3. The number of benzene rings is 1. The van der Waals surface area contributed by atoms with Crippen molar-refractivity contribution in [2.45, 2.75) is 50.1 Å². The lowest BCUT2D eigenvalue weighted by Gasteiger charge is -2.40. The quantitative estimate of drug-likeness (QED) is 0.433. The maximum atomic E-state index is 13.8. The van der Waals surface area contributed by atoms with Gasteiger partial charge in [0.2, 0.25) is 17.7 Å². The lowest BCUT2D eigenvalue weighted by molar-refractivity contribution is -0.156. The molecule has 2 heterocycles. The molecular weight excluding hydrogens is 489 g/mol. The fourth-order valence-corrected chi connectivity index (χ4v) is 4.74. The van der Waals surface area contributed by atoms with Crippen LogP contribution in [-0.2, 0) is 44.7 Å². The third kappa shape index (κ3) is 7.46. The predicted molar refractivity (Wildman–Crippen MR) is 128 cm³/mol. The Morgan fingerprint density at radius 3 is 2.32 bits per heavy atom. The molecule has 3 rings (SSSR count). The number of ether oxygens (including phenoxy) is 4. The number of carbonyl (C=O) groups excluding carboxylic acids is 4. The standard InChI is InChI=1S/C25H34FN3O8/c1-34-14-22(30)27-18-8-9-28(23(31)15-35-2)20(10-18)24(32)29-12-19(11-21(29)25(33)36-3)37-13-16-4-6-17(26)7-5-16/h4-7,18-21H,8-15H2,1-3H3,(H,27,30). The molecule has 1 N–H and O–H groups in total. The van der Waals surface area contributed by atoms with Crippen LogP contribution in [0.25, 0.3) is 0 Å². The number of rotatable bonds is 10. The molecule has 0 saturated carbocycles. The third-order valence-corrected chi connectivity index (χ3v) is 6.53. The lowest BCUT2D eigenvalue weighted by Crippen LogP contribution is -2.60. The van der Waals surface area contributed by atoms with Crippen molar-refractivity contribution in [3.8, 4) is 0 Å². The highest BCUT2D eigenvalue weighted by atomic mass is 19.1. The number of nitrogens with one attached hydrogen (secondary N) is 1. The van der Waals surface area contributed by atoms with Gasteiger partial charge in [0.05, 0.1) is 19.8 Å². The zero-order valence-corrected chi connectivity index (χ0v) is 21.3. The first-order valence-electron chi connectivity index (χ1n) is 12.1. The van der Waals surface area contributed by atoms with E-state index >= 15 is 0 Å². The number of amides is 3. The van der Waals surface area contributed by atoms with Crippen LogP contribution in [0, 0.1) is 5.82 Å². The molecule has 0 aliphatic carbocycles. The van der Waals surface area contributed by atoms with E-state index in [1.54, 1.807) is 12.1 Å². The molecule has 1 aromatic carbocycles. The van der Waals surface area contributed by atoms with Crippen molar-refractivity contribution in [3.63, 3.8) is 0 Å². The molecule has 4 atom stereocenters. The lowest BCUT2D eigenvalue weighted by atomic mass is 9.95. The van der Waals surface area contributed by atoms with Gasteiger partial charge in [-0.2, -0.15) is 0 Å². The largest absolute Gasteiger partial charge is 0.467 e. The molecule has 1 aromatic rings. The van der Waals surface area contributed by atoms with Crippen molar-refractivity contribution < 1.29 is 42.5 Å². The molecule has 3 amide bonds. The van der Waals surface area contributed by atoms with Gasteiger partial charge in [0.25, 0.3) is 0 Å². The molecule has 0 aromatic heterocycles. The minimum Gasteiger partial charge on any atom is -0.467 e. The molecule has 0 radical (unpaired) electrons. The van der Waals surface area contributed by atoms with Gasteiger partial charge in [0.1, 0.15) is 31.1 Å². The molecule has 4 unspecified atom stereocenters. The number of methoxy groups -OCH3 is 3. The Morgan fingerprint density at radius 1 is 0.973 bits per heavy atom. The monoisotopic (exact) mass is 523 g/mol. The predicted octanol–water partition coefficient (Wildman–Crippen LogP) is 0.253. The molecule has 12 heteroatoms. The van der Waals surface area contributed by atoms with E-state index in [9.17, 15) is 23.6 Å². The van der Waals surface area contributed by atoms with Crippen molar-refractivity contribution in [1.82, 2.24) is 15.1 Å². The Hall–Kier alpha value is -3.09. The molecular formula is C25H34FN3O8. The second-order valence-electron chi connectivity index (χ2n) is 9.08. The zero-order chi connectivity index (χ0) is 26.9. The fraction of sp³-hybridized carbons (Fsp3) is 0.600. The maximum Gasteiger partial charge on any atom is 0.328 e. The normalized spacial score (nSPS) is 23.6. The van der Waals surface area contributed by atoms with Gasteiger partial charge in [-0.05, 0) is 30.5 Å². The second kappa shape index (κ2) is 13.5. The van der Waals surface area contributed by atoms with Gasteiger partial charge in [-0.15, -0.1) is 0 Å². The molecule has 2 saturated heterocycles. The summed E-state index contributed by atoms with van der Waals surface area (Å²) in [6, 6.07) is 3.71. The summed E-state index contributed by atoms with van der Waals surface area (Å²) in [5.74, 6) is -2.06. The first kappa shape index (κ1) is 28.5. The van der Waals surface area contributed by atoms with Crippen LogP contribution in [-0.4, -0.2) is 105 Å². The van der Waals surface area contributed by atoms with Crippen molar-refractivity contribution >= 4 is 23.7 Å². The number of likely N-dealkylation sites (tertiary alicyclic amines) is 2. The number of nitrogens with zero attached hydrogens (tertiary/aromatic N) is 2. The van der Waals surface area contributed by atoms with Crippen molar-refractivity contribution in [2.24, 2.45) is 0 Å². The number of carbonyl (C=O) groups is 4. The van der Waals surface area contributed by atoms with E-state index in [2.05, 4.69) is 5.32 Å². The Kier molecular flexibility index (Phi) is 10.4. The van der Waals surface area contributed by atoms with Gasteiger partial charge in [0.15, 0.2) is 0 Å². The summed E-state index contributed by atoms with van der Waals surface area (Å²) in [6.45, 7) is 0.205. The number of hydrogen-bond acceptors (Lipinski definition) is 8. The number of hydrogen-bond donors (Lipinski definition) is 1. The molecule has 2 aliphatic rings. The summed E-state index contributed by atoms with van der Waals surface area (Å²) in [7, 11) is 4.05. The maximum absolute atomic E-state index is 13.8. The molecule has 37 heavy (non-hydrogen) atoms. The summed E-state index contributed by atoms with van der Waals surface area (Å²) in [6.07, 6.45) is 0.377. The van der Waals surface area contributed by atoms with Crippen molar-refractivity contribution in [3.05, 3.63) is 35.6 Å². The Morgan fingerprint density at radius 2 is 1.68 bits per heavy atom. The molecule has 2 aliphatic heterocycles. The minimum atomic E-state index is -0.910.